The van der Waals surface area contributed by atoms with Crippen LogP contribution in [-0.2, 0) is 4.79 Å². The third-order valence-corrected chi connectivity index (χ3v) is 1.82. The zero-order chi connectivity index (χ0) is 11.3. The molecule has 1 aromatic carbocycles. The quantitative estimate of drug-likeness (QED) is 0.727. The van der Waals surface area contributed by atoms with Crippen molar-refractivity contribution in [3.63, 3.8) is 0 Å². The molecule has 76 valence electrons. The van der Waals surface area contributed by atoms with Crippen molar-refractivity contribution in [2.24, 2.45) is 0 Å². The van der Waals surface area contributed by atoms with E-state index >= 15 is 0 Å². The molecule has 0 saturated carbocycles. The highest BCUT2D eigenvalue weighted by atomic mass is 16.4. The fraction of sp³-hybridized carbons (Fsp3) is 0.0909. The average Bonchev–Trinajstić information content (AvgIpc) is 2.26. The molecule has 0 heterocycles. The summed E-state index contributed by atoms with van der Waals surface area (Å²) in [7, 11) is 0. The molecule has 0 aromatic heterocycles. The lowest BCUT2D eigenvalue weighted by Crippen LogP contribution is -2.10. The molecule has 0 fully saturated rings. The van der Waals surface area contributed by atoms with Crippen LogP contribution < -0.4 is 5.32 Å². The fourth-order valence-corrected chi connectivity index (χ4v) is 0.947. The van der Waals surface area contributed by atoms with Crippen LogP contribution in [0.15, 0.2) is 36.4 Å². The minimum Gasteiger partial charge on any atom is -0.478 e. The van der Waals surface area contributed by atoms with Crippen molar-refractivity contribution in [1.82, 2.24) is 0 Å². The molecule has 0 radical (unpaired) electrons. The third kappa shape index (κ3) is 3.16. The van der Waals surface area contributed by atoms with Crippen LogP contribution >= 0.6 is 0 Å². The molecule has 0 aliphatic carbocycles. The number of nitrogens with zero attached hydrogens (tertiary/aromatic N) is 1. The van der Waals surface area contributed by atoms with Crippen molar-refractivity contribution in [2.45, 2.75) is 0 Å². The van der Waals surface area contributed by atoms with E-state index in [-0.39, 0.29) is 12.1 Å². The topological polar surface area (TPSA) is 73.1 Å². The maximum Gasteiger partial charge on any atom is 0.332 e. The summed E-state index contributed by atoms with van der Waals surface area (Å²) in [4.78, 5) is 10.4. The second-order valence-corrected chi connectivity index (χ2v) is 2.95. The van der Waals surface area contributed by atoms with Crippen LogP contribution in [-0.4, -0.2) is 17.6 Å². The van der Waals surface area contributed by atoms with Crippen LogP contribution in [0.3, 0.4) is 0 Å². The first-order chi connectivity index (χ1) is 7.13. The van der Waals surface area contributed by atoms with E-state index in [0.717, 1.165) is 5.69 Å². The van der Waals surface area contributed by atoms with E-state index in [1.54, 1.807) is 24.3 Å². The number of carboxylic acid groups (broad SMARTS) is 1. The Morgan fingerprint density at radius 2 is 2.07 bits per heavy atom. The van der Waals surface area contributed by atoms with Crippen molar-refractivity contribution in [2.75, 3.05) is 11.9 Å². The zero-order valence-corrected chi connectivity index (χ0v) is 8.03. The fourth-order valence-electron chi connectivity index (χ4n) is 0.947. The molecule has 0 aliphatic heterocycles. The molecule has 0 atom stereocenters. The normalized spacial score (nSPS) is 9.00. The summed E-state index contributed by atoms with van der Waals surface area (Å²) in [6.07, 6.45) is 0. The number of carbonyl (C=O) groups is 1. The largest absolute Gasteiger partial charge is 0.478 e. The van der Waals surface area contributed by atoms with Crippen LogP contribution in [0.25, 0.3) is 0 Å². The predicted octanol–water partition coefficient (Wildman–Crippen LogP) is 1.61. The van der Waals surface area contributed by atoms with E-state index in [2.05, 4.69) is 11.9 Å². The number of carboxylic acids is 1. The smallest absolute Gasteiger partial charge is 0.332 e. The van der Waals surface area contributed by atoms with Crippen LogP contribution in [0, 0.1) is 11.3 Å². The maximum atomic E-state index is 10.4. The summed E-state index contributed by atoms with van der Waals surface area (Å²) >= 11 is 0. The van der Waals surface area contributed by atoms with Gasteiger partial charge in [0.05, 0.1) is 11.6 Å². The molecular formula is C11H10N2O2. The van der Waals surface area contributed by atoms with Gasteiger partial charge in [-0.2, -0.15) is 5.26 Å². The summed E-state index contributed by atoms with van der Waals surface area (Å²) in [6.45, 7) is 3.57. The standard InChI is InChI=1S/C11H10N2O2/c1-8(11(14)15)7-13-10-4-2-9(6-12)3-5-10/h2-5,13H,1,7H2,(H,14,15). The van der Waals surface area contributed by atoms with Gasteiger partial charge in [0.25, 0.3) is 0 Å². The number of hydrogen-bond donors (Lipinski definition) is 2. The minimum atomic E-state index is -1.02. The minimum absolute atomic E-state index is 0.0966. The molecule has 0 bridgehead atoms. The Hall–Kier alpha value is -2.28. The van der Waals surface area contributed by atoms with E-state index in [1.165, 1.54) is 0 Å². The van der Waals surface area contributed by atoms with Gasteiger partial charge in [-0.1, -0.05) is 6.58 Å². The number of aliphatic carboxylic acids is 1. The zero-order valence-electron chi connectivity index (χ0n) is 8.03. The number of nitrogens with one attached hydrogen (secondary N) is 1. The predicted molar refractivity (Wildman–Crippen MR) is 56.4 cm³/mol. The van der Waals surface area contributed by atoms with E-state index in [1.807, 2.05) is 6.07 Å². The maximum absolute atomic E-state index is 10.4. The first-order valence-electron chi connectivity index (χ1n) is 4.28. The molecule has 4 heteroatoms. The second kappa shape index (κ2) is 4.82. The highest BCUT2D eigenvalue weighted by Gasteiger charge is 2.02. The van der Waals surface area contributed by atoms with E-state index < -0.39 is 5.97 Å². The molecule has 0 saturated heterocycles. The first kappa shape index (κ1) is 10.8. The van der Waals surface area contributed by atoms with Crippen molar-refractivity contribution in [3.8, 4) is 6.07 Å². The molecule has 1 aromatic rings. The van der Waals surface area contributed by atoms with Gasteiger partial charge in [-0.25, -0.2) is 4.79 Å². The average molecular weight is 202 g/mol. The summed E-state index contributed by atoms with van der Waals surface area (Å²) in [6, 6.07) is 8.75. The lowest BCUT2D eigenvalue weighted by atomic mass is 10.2. The highest BCUT2D eigenvalue weighted by Crippen LogP contribution is 2.08. The molecular weight excluding hydrogens is 192 g/mol. The van der Waals surface area contributed by atoms with Gasteiger partial charge in [-0.05, 0) is 24.3 Å². The second-order valence-electron chi connectivity index (χ2n) is 2.95. The van der Waals surface area contributed by atoms with E-state index in [4.69, 9.17) is 10.4 Å². The SMILES string of the molecule is C=C(CNc1ccc(C#N)cc1)C(=O)O. The molecule has 4 nitrogen and oxygen atoms in total. The Morgan fingerprint density at radius 1 is 1.47 bits per heavy atom. The van der Waals surface area contributed by atoms with Gasteiger partial charge >= 0.3 is 5.97 Å². The lowest BCUT2D eigenvalue weighted by Gasteiger charge is -2.05. The summed E-state index contributed by atoms with van der Waals surface area (Å²) < 4.78 is 0. The Morgan fingerprint density at radius 3 is 2.53 bits per heavy atom. The van der Waals surface area contributed by atoms with Crippen LogP contribution in [0.1, 0.15) is 5.56 Å². The Labute approximate surface area is 87.5 Å². The molecule has 0 amide bonds. The number of benzene rings is 1. The van der Waals surface area contributed by atoms with Crippen molar-refractivity contribution in [1.29, 1.82) is 5.26 Å². The van der Waals surface area contributed by atoms with Gasteiger partial charge in [-0.15, -0.1) is 0 Å². The van der Waals surface area contributed by atoms with Gasteiger partial charge in [-0.3, -0.25) is 0 Å². The van der Waals surface area contributed by atoms with Crippen LogP contribution in [0.5, 0.6) is 0 Å². The number of anilines is 1. The van der Waals surface area contributed by atoms with E-state index in [0.29, 0.717) is 5.56 Å². The van der Waals surface area contributed by atoms with Gasteiger partial charge in [0, 0.05) is 17.8 Å². The summed E-state index contributed by atoms with van der Waals surface area (Å²) in [5.41, 5.74) is 1.42. The summed E-state index contributed by atoms with van der Waals surface area (Å²) in [5.74, 6) is -1.02. The van der Waals surface area contributed by atoms with Crippen LogP contribution in [0.2, 0.25) is 0 Å². The monoisotopic (exact) mass is 202 g/mol. The van der Waals surface area contributed by atoms with Gasteiger partial charge < -0.3 is 10.4 Å². The summed E-state index contributed by atoms with van der Waals surface area (Å²) in [5, 5.41) is 20.0. The molecule has 2 N–H and O–H groups in total. The van der Waals surface area contributed by atoms with Crippen LogP contribution in [0.4, 0.5) is 5.69 Å². The lowest BCUT2D eigenvalue weighted by molar-refractivity contribution is -0.132. The highest BCUT2D eigenvalue weighted by molar-refractivity contribution is 5.86. The van der Waals surface area contributed by atoms with Crippen molar-refractivity contribution >= 4 is 11.7 Å². The number of hydrogen-bond acceptors (Lipinski definition) is 3. The van der Waals surface area contributed by atoms with Gasteiger partial charge in [0.15, 0.2) is 0 Å². The van der Waals surface area contributed by atoms with Gasteiger partial charge in [0.2, 0.25) is 0 Å². The molecule has 1 rings (SSSR count). The molecule has 0 unspecified atom stereocenters. The first-order valence-corrected chi connectivity index (χ1v) is 4.28. The Kier molecular flexibility index (Phi) is 3.47. The van der Waals surface area contributed by atoms with E-state index in [9.17, 15) is 4.79 Å². The number of rotatable bonds is 4. The molecule has 15 heavy (non-hydrogen) atoms. The Balaban J connectivity index is 2.56. The van der Waals surface area contributed by atoms with Gasteiger partial charge in [0.1, 0.15) is 0 Å². The molecule has 0 spiro atoms. The van der Waals surface area contributed by atoms with Crippen molar-refractivity contribution in [3.05, 3.63) is 42.0 Å². The third-order valence-electron chi connectivity index (χ3n) is 1.82. The van der Waals surface area contributed by atoms with Crippen molar-refractivity contribution < 1.29 is 9.90 Å². The Bertz CT molecular complexity index is 415. The number of nitriles is 1. The molecule has 0 aliphatic rings.